The normalized spacial score (nSPS) is 22.4. The number of methoxy groups -OCH3 is 2. The van der Waals surface area contributed by atoms with Crippen LogP contribution in [0.25, 0.3) is 0 Å². The minimum atomic E-state index is -0.123. The van der Waals surface area contributed by atoms with Crippen molar-refractivity contribution in [2.24, 2.45) is 0 Å². The summed E-state index contributed by atoms with van der Waals surface area (Å²) in [5, 5.41) is 0. The Hall–Kier alpha value is -1.64. The topological polar surface area (TPSA) is 27.7 Å². The van der Waals surface area contributed by atoms with Crippen LogP contribution >= 0.6 is 0 Å². The molecule has 2 rings (SSSR count). The maximum Gasteiger partial charge on any atom is 0.130 e. The van der Waals surface area contributed by atoms with Gasteiger partial charge in [0.15, 0.2) is 0 Å². The second kappa shape index (κ2) is 4.32. The molecule has 3 nitrogen and oxygen atoms in total. The van der Waals surface area contributed by atoms with Crippen molar-refractivity contribution in [1.82, 2.24) is 0 Å². The molecule has 0 saturated carbocycles. The molecule has 0 N–H and O–H groups in total. The van der Waals surface area contributed by atoms with Crippen molar-refractivity contribution in [3.8, 4) is 17.2 Å². The molecule has 17 heavy (non-hydrogen) atoms. The standard InChI is InChI=1S/C14H18O3/c1-5-6-14(2)9-17-12-8-10(15-3)7-11(16-4)13(12)14/h5-8H,9H2,1-4H3. The summed E-state index contributed by atoms with van der Waals surface area (Å²) in [6, 6.07) is 3.81. The maximum atomic E-state index is 5.74. The van der Waals surface area contributed by atoms with Crippen LogP contribution < -0.4 is 14.2 Å². The maximum absolute atomic E-state index is 5.74. The summed E-state index contributed by atoms with van der Waals surface area (Å²) >= 11 is 0. The van der Waals surface area contributed by atoms with E-state index in [1.807, 2.05) is 25.1 Å². The first-order valence-electron chi connectivity index (χ1n) is 5.68. The van der Waals surface area contributed by atoms with Crippen LogP contribution in [0.2, 0.25) is 0 Å². The molecule has 0 aliphatic carbocycles. The van der Waals surface area contributed by atoms with Gasteiger partial charge in [0, 0.05) is 17.7 Å². The van der Waals surface area contributed by atoms with Gasteiger partial charge in [-0.05, 0) is 13.8 Å². The van der Waals surface area contributed by atoms with Crippen molar-refractivity contribution in [1.29, 1.82) is 0 Å². The van der Waals surface area contributed by atoms with E-state index in [1.165, 1.54) is 0 Å². The van der Waals surface area contributed by atoms with Crippen LogP contribution in [0.15, 0.2) is 24.3 Å². The number of benzene rings is 1. The van der Waals surface area contributed by atoms with Crippen molar-refractivity contribution in [3.63, 3.8) is 0 Å². The van der Waals surface area contributed by atoms with E-state index in [-0.39, 0.29) is 5.41 Å². The van der Waals surface area contributed by atoms with E-state index in [0.717, 1.165) is 22.8 Å². The van der Waals surface area contributed by atoms with Gasteiger partial charge >= 0.3 is 0 Å². The van der Waals surface area contributed by atoms with Gasteiger partial charge in [-0.3, -0.25) is 0 Å². The highest BCUT2D eigenvalue weighted by Crippen LogP contribution is 2.47. The van der Waals surface area contributed by atoms with Gasteiger partial charge in [0.05, 0.1) is 19.6 Å². The molecule has 1 aromatic carbocycles. The summed E-state index contributed by atoms with van der Waals surface area (Å²) in [6.07, 6.45) is 4.19. The quantitative estimate of drug-likeness (QED) is 0.753. The first-order valence-corrected chi connectivity index (χ1v) is 5.68. The highest BCUT2D eigenvalue weighted by atomic mass is 16.5. The van der Waals surface area contributed by atoms with E-state index in [9.17, 15) is 0 Å². The lowest BCUT2D eigenvalue weighted by Crippen LogP contribution is -2.21. The second-order valence-corrected chi connectivity index (χ2v) is 4.41. The van der Waals surface area contributed by atoms with Crippen molar-refractivity contribution in [2.75, 3.05) is 20.8 Å². The molecular formula is C14H18O3. The largest absolute Gasteiger partial charge is 0.496 e. The second-order valence-electron chi connectivity index (χ2n) is 4.41. The van der Waals surface area contributed by atoms with Crippen molar-refractivity contribution < 1.29 is 14.2 Å². The predicted molar refractivity (Wildman–Crippen MR) is 67.2 cm³/mol. The van der Waals surface area contributed by atoms with Crippen LogP contribution in [0, 0.1) is 0 Å². The predicted octanol–water partition coefficient (Wildman–Crippen LogP) is 2.93. The van der Waals surface area contributed by atoms with Crippen molar-refractivity contribution in [2.45, 2.75) is 19.3 Å². The Morgan fingerprint density at radius 3 is 2.65 bits per heavy atom. The Balaban J connectivity index is 2.58. The zero-order chi connectivity index (χ0) is 12.5. The summed E-state index contributed by atoms with van der Waals surface area (Å²) < 4.78 is 16.4. The van der Waals surface area contributed by atoms with E-state index in [4.69, 9.17) is 14.2 Å². The lowest BCUT2D eigenvalue weighted by Gasteiger charge is -2.20. The number of hydrogen-bond acceptors (Lipinski definition) is 3. The Morgan fingerprint density at radius 1 is 1.29 bits per heavy atom. The van der Waals surface area contributed by atoms with Gasteiger partial charge in [-0.15, -0.1) is 0 Å². The average Bonchev–Trinajstić information content (AvgIpc) is 2.66. The Morgan fingerprint density at radius 2 is 2.06 bits per heavy atom. The molecule has 1 unspecified atom stereocenters. The molecular weight excluding hydrogens is 216 g/mol. The van der Waals surface area contributed by atoms with Gasteiger partial charge in [-0.2, -0.15) is 0 Å². The van der Waals surface area contributed by atoms with Gasteiger partial charge in [-0.1, -0.05) is 12.2 Å². The van der Waals surface area contributed by atoms with Crippen LogP contribution in [0.3, 0.4) is 0 Å². The highest BCUT2D eigenvalue weighted by Gasteiger charge is 2.37. The third-order valence-electron chi connectivity index (χ3n) is 3.13. The lowest BCUT2D eigenvalue weighted by molar-refractivity contribution is 0.305. The van der Waals surface area contributed by atoms with Crippen LogP contribution in [0.4, 0.5) is 0 Å². The number of hydrogen-bond donors (Lipinski definition) is 0. The first kappa shape index (κ1) is 11.8. The molecule has 0 amide bonds. The number of fused-ring (bicyclic) bond motifs is 1. The van der Waals surface area contributed by atoms with Crippen LogP contribution in [0.5, 0.6) is 17.2 Å². The number of rotatable bonds is 3. The molecule has 92 valence electrons. The highest BCUT2D eigenvalue weighted by molar-refractivity contribution is 5.58. The fraction of sp³-hybridized carbons (Fsp3) is 0.429. The van der Waals surface area contributed by atoms with Crippen LogP contribution in [0.1, 0.15) is 19.4 Å². The van der Waals surface area contributed by atoms with E-state index in [0.29, 0.717) is 6.61 Å². The third-order valence-corrected chi connectivity index (χ3v) is 3.13. The molecule has 0 fully saturated rings. The molecule has 0 bridgehead atoms. The van der Waals surface area contributed by atoms with Gasteiger partial charge < -0.3 is 14.2 Å². The summed E-state index contributed by atoms with van der Waals surface area (Å²) in [4.78, 5) is 0. The Kier molecular flexibility index (Phi) is 3.01. The van der Waals surface area contributed by atoms with E-state index >= 15 is 0 Å². The summed E-state index contributed by atoms with van der Waals surface area (Å²) in [5.41, 5.74) is 0.973. The zero-order valence-electron chi connectivity index (χ0n) is 10.7. The first-order chi connectivity index (χ1) is 8.14. The summed E-state index contributed by atoms with van der Waals surface area (Å²) in [7, 11) is 3.31. The fourth-order valence-electron chi connectivity index (χ4n) is 2.32. The smallest absolute Gasteiger partial charge is 0.130 e. The molecule has 0 spiro atoms. The van der Waals surface area contributed by atoms with Gasteiger partial charge in [0.2, 0.25) is 0 Å². The third kappa shape index (κ3) is 1.86. The molecule has 1 aliphatic heterocycles. The molecule has 0 aromatic heterocycles. The van der Waals surface area contributed by atoms with Crippen LogP contribution in [-0.2, 0) is 5.41 Å². The SMILES string of the molecule is CC=CC1(C)COc2cc(OC)cc(OC)c21. The molecule has 0 radical (unpaired) electrons. The number of ether oxygens (including phenoxy) is 3. The Labute approximate surface area is 102 Å². The summed E-state index contributed by atoms with van der Waals surface area (Å²) in [6.45, 7) is 4.79. The minimum absolute atomic E-state index is 0.123. The number of allylic oxidation sites excluding steroid dienone is 1. The molecule has 1 heterocycles. The summed E-state index contributed by atoms with van der Waals surface area (Å²) in [5.74, 6) is 2.42. The van der Waals surface area contributed by atoms with E-state index in [1.54, 1.807) is 14.2 Å². The molecule has 3 heteroatoms. The molecule has 1 aliphatic rings. The van der Waals surface area contributed by atoms with E-state index in [2.05, 4.69) is 13.0 Å². The monoisotopic (exact) mass is 234 g/mol. The molecule has 1 atom stereocenters. The van der Waals surface area contributed by atoms with Crippen LogP contribution in [-0.4, -0.2) is 20.8 Å². The fourth-order valence-corrected chi connectivity index (χ4v) is 2.32. The zero-order valence-corrected chi connectivity index (χ0v) is 10.7. The van der Waals surface area contributed by atoms with Gasteiger partial charge in [0.25, 0.3) is 0 Å². The van der Waals surface area contributed by atoms with Crippen molar-refractivity contribution in [3.05, 3.63) is 29.8 Å². The molecule has 1 aromatic rings. The van der Waals surface area contributed by atoms with Crippen molar-refractivity contribution >= 4 is 0 Å². The molecule has 0 saturated heterocycles. The van der Waals surface area contributed by atoms with Gasteiger partial charge in [0.1, 0.15) is 23.9 Å². The van der Waals surface area contributed by atoms with E-state index < -0.39 is 0 Å². The Bertz CT molecular complexity index is 451. The average molecular weight is 234 g/mol. The van der Waals surface area contributed by atoms with Gasteiger partial charge in [-0.25, -0.2) is 0 Å². The minimum Gasteiger partial charge on any atom is -0.496 e. The lowest BCUT2D eigenvalue weighted by atomic mass is 9.83.